The van der Waals surface area contributed by atoms with Gasteiger partial charge in [0.2, 0.25) is 11.8 Å². The van der Waals surface area contributed by atoms with Crippen molar-refractivity contribution in [2.45, 2.75) is 0 Å². The van der Waals surface area contributed by atoms with Gasteiger partial charge in [0.05, 0.1) is 0 Å². The van der Waals surface area contributed by atoms with Crippen LogP contribution in [0.4, 0.5) is 10.3 Å². The minimum Gasteiger partial charge on any atom is -0.507 e. The molecule has 5 rings (SSSR count). The van der Waals surface area contributed by atoms with E-state index in [9.17, 15) is 14.3 Å². The van der Waals surface area contributed by atoms with Crippen LogP contribution in [0.2, 0.25) is 0 Å². The first-order chi connectivity index (χ1) is 16.6. The van der Waals surface area contributed by atoms with Crippen LogP contribution < -0.4 is 5.32 Å². The van der Waals surface area contributed by atoms with Crippen molar-refractivity contribution in [1.82, 2.24) is 9.97 Å². The van der Waals surface area contributed by atoms with Crippen LogP contribution >= 0.6 is 0 Å². The minimum atomic E-state index is -0.570. The van der Waals surface area contributed by atoms with Crippen molar-refractivity contribution in [3.8, 4) is 39.6 Å². The van der Waals surface area contributed by atoms with E-state index in [4.69, 9.17) is 4.42 Å². The molecule has 0 saturated carbocycles. The van der Waals surface area contributed by atoms with Gasteiger partial charge in [0.25, 0.3) is 5.91 Å². The van der Waals surface area contributed by atoms with E-state index in [1.165, 1.54) is 12.1 Å². The zero-order chi connectivity index (χ0) is 23.5. The Bertz CT molecular complexity index is 1470. The van der Waals surface area contributed by atoms with Crippen LogP contribution in [0.25, 0.3) is 33.8 Å². The third-order valence-electron chi connectivity index (χ3n) is 5.23. The first kappa shape index (κ1) is 21.1. The molecule has 5 aromatic rings. The molecule has 34 heavy (non-hydrogen) atoms. The number of amides is 1. The summed E-state index contributed by atoms with van der Waals surface area (Å²) in [5, 5.41) is 13.1. The molecule has 2 N–H and O–H groups in total. The Hall–Kier alpha value is -4.78. The molecule has 1 amide bonds. The number of rotatable bonds is 5. The number of oxazole rings is 1. The molecule has 7 heteroatoms. The molecule has 0 spiro atoms. The number of benzene rings is 3. The average molecular weight is 451 g/mol. The highest BCUT2D eigenvalue weighted by molar-refractivity contribution is 6.09. The van der Waals surface area contributed by atoms with E-state index in [-0.39, 0.29) is 17.2 Å². The third kappa shape index (κ3) is 4.14. The topological polar surface area (TPSA) is 88.3 Å². The smallest absolute Gasteiger partial charge is 0.258 e. The van der Waals surface area contributed by atoms with E-state index in [1.54, 1.807) is 42.7 Å². The Morgan fingerprint density at radius 1 is 0.882 bits per heavy atom. The summed E-state index contributed by atoms with van der Waals surface area (Å²) in [4.78, 5) is 22.1. The molecule has 0 aliphatic rings. The normalized spacial score (nSPS) is 10.7. The summed E-state index contributed by atoms with van der Waals surface area (Å²) in [6, 6.07) is 23.3. The van der Waals surface area contributed by atoms with E-state index in [2.05, 4.69) is 15.3 Å². The second-order valence-electron chi connectivity index (χ2n) is 7.47. The van der Waals surface area contributed by atoms with Crippen molar-refractivity contribution < 1.29 is 18.7 Å². The fourth-order valence-electron chi connectivity index (χ4n) is 3.63. The van der Waals surface area contributed by atoms with E-state index in [1.807, 2.05) is 36.4 Å². The molecule has 2 heterocycles. The number of aromatic nitrogens is 2. The molecule has 166 valence electrons. The monoisotopic (exact) mass is 451 g/mol. The molecule has 0 unspecified atom stereocenters. The molecule has 0 fully saturated rings. The predicted octanol–water partition coefficient (Wildman–Crippen LogP) is 6.17. The SMILES string of the molecule is O=C(Nc1oc(-c2ccccc2)nc1-c1cccnc1)c1ccccc1-c1ccc(F)cc1O. The number of carbonyl (C=O) groups is 1. The molecule has 0 radical (unpaired) electrons. The van der Waals surface area contributed by atoms with Crippen LogP contribution in [-0.4, -0.2) is 21.0 Å². The summed E-state index contributed by atoms with van der Waals surface area (Å²) in [7, 11) is 0. The lowest BCUT2D eigenvalue weighted by atomic mass is 9.98. The molecule has 6 nitrogen and oxygen atoms in total. The molecular formula is C27H18FN3O3. The average Bonchev–Trinajstić information content (AvgIpc) is 3.29. The second-order valence-corrected chi connectivity index (χ2v) is 7.47. The zero-order valence-corrected chi connectivity index (χ0v) is 17.8. The number of phenols is 1. The Morgan fingerprint density at radius 3 is 2.41 bits per heavy atom. The number of hydrogen-bond acceptors (Lipinski definition) is 5. The van der Waals surface area contributed by atoms with Gasteiger partial charge in [0.1, 0.15) is 17.3 Å². The van der Waals surface area contributed by atoms with Gasteiger partial charge in [-0.3, -0.25) is 15.1 Å². The quantitative estimate of drug-likeness (QED) is 0.334. The van der Waals surface area contributed by atoms with Crippen molar-refractivity contribution in [1.29, 1.82) is 0 Å². The number of nitrogens with one attached hydrogen (secondary N) is 1. The number of halogens is 1. The fraction of sp³-hybridized carbons (Fsp3) is 0. The largest absolute Gasteiger partial charge is 0.507 e. The van der Waals surface area contributed by atoms with Gasteiger partial charge in [-0.15, -0.1) is 0 Å². The van der Waals surface area contributed by atoms with Crippen LogP contribution in [0.15, 0.2) is 102 Å². The summed E-state index contributed by atoms with van der Waals surface area (Å²) in [6.07, 6.45) is 3.28. The van der Waals surface area contributed by atoms with Crippen molar-refractivity contribution in [2.24, 2.45) is 0 Å². The molecule has 3 aromatic carbocycles. The van der Waals surface area contributed by atoms with Crippen LogP contribution in [-0.2, 0) is 0 Å². The predicted molar refractivity (Wildman–Crippen MR) is 127 cm³/mol. The number of nitrogens with zero attached hydrogens (tertiary/aromatic N) is 2. The van der Waals surface area contributed by atoms with E-state index in [0.29, 0.717) is 28.3 Å². The third-order valence-corrected chi connectivity index (χ3v) is 5.23. The lowest BCUT2D eigenvalue weighted by molar-refractivity contribution is 0.102. The van der Waals surface area contributed by atoms with Gasteiger partial charge in [0.15, 0.2) is 0 Å². The van der Waals surface area contributed by atoms with E-state index < -0.39 is 11.7 Å². The van der Waals surface area contributed by atoms with Crippen molar-refractivity contribution >= 4 is 11.8 Å². The molecule has 0 saturated heterocycles. The molecule has 0 atom stereocenters. The van der Waals surface area contributed by atoms with Gasteiger partial charge in [0, 0.05) is 40.7 Å². The lowest BCUT2D eigenvalue weighted by Crippen LogP contribution is -2.13. The summed E-state index contributed by atoms with van der Waals surface area (Å²) in [6.45, 7) is 0. The molecular weight excluding hydrogens is 433 g/mol. The molecule has 0 aliphatic heterocycles. The molecule has 2 aromatic heterocycles. The highest BCUT2D eigenvalue weighted by Crippen LogP contribution is 2.35. The van der Waals surface area contributed by atoms with Gasteiger partial charge >= 0.3 is 0 Å². The molecule has 0 aliphatic carbocycles. The number of aromatic hydroxyl groups is 1. The van der Waals surface area contributed by atoms with Crippen LogP contribution in [0.3, 0.4) is 0 Å². The van der Waals surface area contributed by atoms with Crippen LogP contribution in [0, 0.1) is 5.82 Å². The molecule has 0 bridgehead atoms. The van der Waals surface area contributed by atoms with Crippen molar-refractivity contribution in [3.63, 3.8) is 0 Å². The number of carbonyl (C=O) groups excluding carboxylic acids is 1. The Labute approximate surface area is 194 Å². The zero-order valence-electron chi connectivity index (χ0n) is 17.8. The second kappa shape index (κ2) is 8.99. The maximum atomic E-state index is 13.5. The summed E-state index contributed by atoms with van der Waals surface area (Å²) < 4.78 is 19.5. The number of pyridine rings is 1. The fourth-order valence-corrected chi connectivity index (χ4v) is 3.63. The maximum Gasteiger partial charge on any atom is 0.258 e. The summed E-state index contributed by atoms with van der Waals surface area (Å²) in [5.41, 5.74) is 2.92. The Kier molecular flexibility index (Phi) is 5.58. The summed E-state index contributed by atoms with van der Waals surface area (Å²) in [5.74, 6) is -0.795. The van der Waals surface area contributed by atoms with Crippen molar-refractivity contribution in [2.75, 3.05) is 5.32 Å². The van der Waals surface area contributed by atoms with E-state index >= 15 is 0 Å². The Balaban J connectivity index is 1.55. The standard InChI is InChI=1S/C27H18FN3O3/c28-19-12-13-21(23(32)15-19)20-10-4-5-11-22(20)25(33)31-27-24(18-9-6-14-29-16-18)30-26(34-27)17-7-2-1-3-8-17/h1-16,32H,(H,31,33). The van der Waals surface area contributed by atoms with Crippen LogP contribution in [0.1, 0.15) is 10.4 Å². The van der Waals surface area contributed by atoms with E-state index in [0.717, 1.165) is 11.6 Å². The lowest BCUT2D eigenvalue weighted by Gasteiger charge is -2.11. The van der Waals surface area contributed by atoms with Gasteiger partial charge < -0.3 is 9.52 Å². The van der Waals surface area contributed by atoms with Gasteiger partial charge in [-0.1, -0.05) is 36.4 Å². The Morgan fingerprint density at radius 2 is 1.65 bits per heavy atom. The van der Waals surface area contributed by atoms with Gasteiger partial charge in [-0.2, -0.15) is 0 Å². The van der Waals surface area contributed by atoms with Gasteiger partial charge in [-0.05, 0) is 48.0 Å². The van der Waals surface area contributed by atoms with Crippen molar-refractivity contribution in [3.05, 3.63) is 109 Å². The highest BCUT2D eigenvalue weighted by atomic mass is 19.1. The highest BCUT2D eigenvalue weighted by Gasteiger charge is 2.21. The number of phenolic OH excluding ortho intramolecular Hbond substituents is 1. The number of anilines is 1. The first-order valence-electron chi connectivity index (χ1n) is 10.5. The maximum absolute atomic E-state index is 13.5. The van der Waals surface area contributed by atoms with Gasteiger partial charge in [-0.25, -0.2) is 9.37 Å². The summed E-state index contributed by atoms with van der Waals surface area (Å²) >= 11 is 0. The number of hydrogen-bond donors (Lipinski definition) is 2. The minimum absolute atomic E-state index is 0.162. The first-order valence-corrected chi connectivity index (χ1v) is 10.5. The van der Waals surface area contributed by atoms with Crippen LogP contribution in [0.5, 0.6) is 5.75 Å².